The van der Waals surface area contributed by atoms with Gasteiger partial charge < -0.3 is 0 Å². The summed E-state index contributed by atoms with van der Waals surface area (Å²) in [6.07, 6.45) is 1.68. The monoisotopic (exact) mass is 265 g/mol. The van der Waals surface area contributed by atoms with Gasteiger partial charge in [-0.2, -0.15) is 9.57 Å². The molecule has 2 heterocycles. The zero-order valence-corrected chi connectivity index (χ0v) is 10.4. The second-order valence-corrected chi connectivity index (χ2v) is 5.87. The molecule has 0 aliphatic carbocycles. The van der Waals surface area contributed by atoms with E-state index in [1.807, 2.05) is 6.07 Å². The van der Waals surface area contributed by atoms with E-state index in [4.69, 9.17) is 5.26 Å². The van der Waals surface area contributed by atoms with Crippen molar-refractivity contribution in [2.75, 3.05) is 13.1 Å². The lowest BCUT2D eigenvalue weighted by Crippen LogP contribution is -2.38. The third-order valence-electron chi connectivity index (χ3n) is 2.77. The molecule has 1 aliphatic rings. The van der Waals surface area contributed by atoms with Gasteiger partial charge >= 0.3 is 0 Å². The zero-order chi connectivity index (χ0) is 13.2. The summed E-state index contributed by atoms with van der Waals surface area (Å²) in [6.45, 7) is 0.419. The Hall–Kier alpha value is -1.78. The van der Waals surface area contributed by atoms with Crippen molar-refractivity contribution in [1.82, 2.24) is 9.29 Å². The number of pyridine rings is 1. The Morgan fingerprint density at radius 2 is 1.94 bits per heavy atom. The van der Waals surface area contributed by atoms with Gasteiger partial charge in [-0.05, 0) is 12.1 Å². The van der Waals surface area contributed by atoms with E-state index in [-0.39, 0.29) is 42.3 Å². The van der Waals surface area contributed by atoms with E-state index in [9.17, 15) is 13.2 Å². The lowest BCUT2D eigenvalue weighted by Gasteiger charge is -2.25. The molecule has 2 rings (SSSR count). The van der Waals surface area contributed by atoms with E-state index in [1.54, 1.807) is 0 Å². The molecule has 0 atom stereocenters. The molecule has 0 aromatic carbocycles. The number of rotatable bonds is 2. The summed E-state index contributed by atoms with van der Waals surface area (Å²) in [5.41, 5.74) is 0.169. The average Bonchev–Trinajstić information content (AvgIpc) is 2.39. The molecule has 7 heteroatoms. The summed E-state index contributed by atoms with van der Waals surface area (Å²) >= 11 is 0. The highest BCUT2D eigenvalue weighted by molar-refractivity contribution is 7.89. The predicted octanol–water partition coefficient (Wildman–Crippen LogP) is 0.307. The van der Waals surface area contributed by atoms with Gasteiger partial charge in [-0.1, -0.05) is 0 Å². The van der Waals surface area contributed by atoms with E-state index in [0.29, 0.717) is 0 Å². The van der Waals surface area contributed by atoms with Gasteiger partial charge in [0.25, 0.3) is 0 Å². The van der Waals surface area contributed by atoms with Crippen molar-refractivity contribution in [3.05, 3.63) is 24.0 Å². The van der Waals surface area contributed by atoms with Crippen LogP contribution in [0.25, 0.3) is 0 Å². The number of sulfonamides is 1. The molecule has 0 bridgehead atoms. The van der Waals surface area contributed by atoms with E-state index in [0.717, 1.165) is 0 Å². The number of piperidine rings is 1. The van der Waals surface area contributed by atoms with Crippen LogP contribution in [0.15, 0.2) is 23.2 Å². The number of ketones is 1. The van der Waals surface area contributed by atoms with Gasteiger partial charge in [0.1, 0.15) is 22.4 Å². The number of hydrogen-bond donors (Lipinski definition) is 0. The highest BCUT2D eigenvalue weighted by atomic mass is 32.2. The largest absolute Gasteiger partial charge is 0.300 e. The standard InChI is InChI=1S/C11H11N3O3S/c12-7-9-1-2-11(8-13-9)18(16,17)14-5-3-10(15)4-6-14/h1-2,8H,3-6H2. The Balaban J connectivity index is 2.25. The van der Waals surface area contributed by atoms with Crippen LogP contribution in [0.3, 0.4) is 0 Å². The van der Waals surface area contributed by atoms with E-state index >= 15 is 0 Å². The predicted molar refractivity (Wildman–Crippen MR) is 62.0 cm³/mol. The fraction of sp³-hybridized carbons (Fsp3) is 0.364. The van der Waals surface area contributed by atoms with Crippen LogP contribution < -0.4 is 0 Å². The van der Waals surface area contributed by atoms with Crippen molar-refractivity contribution in [1.29, 1.82) is 5.26 Å². The van der Waals surface area contributed by atoms with Crippen molar-refractivity contribution in [3.8, 4) is 6.07 Å². The highest BCUT2D eigenvalue weighted by Crippen LogP contribution is 2.18. The minimum Gasteiger partial charge on any atom is -0.300 e. The van der Waals surface area contributed by atoms with Crippen molar-refractivity contribution in [3.63, 3.8) is 0 Å². The van der Waals surface area contributed by atoms with Gasteiger partial charge in [-0.25, -0.2) is 13.4 Å². The molecule has 0 spiro atoms. The molecule has 0 unspecified atom stereocenters. The topological polar surface area (TPSA) is 91.1 Å². The first-order valence-electron chi connectivity index (χ1n) is 5.42. The molecule has 94 valence electrons. The number of carbonyl (C=O) groups excluding carboxylic acids is 1. The number of aromatic nitrogens is 1. The van der Waals surface area contributed by atoms with Crippen LogP contribution in [0.2, 0.25) is 0 Å². The Morgan fingerprint density at radius 3 is 2.44 bits per heavy atom. The first-order chi connectivity index (χ1) is 8.54. The molecule has 0 saturated carbocycles. The molecule has 18 heavy (non-hydrogen) atoms. The lowest BCUT2D eigenvalue weighted by molar-refractivity contribution is -0.120. The molecule has 0 radical (unpaired) electrons. The van der Waals surface area contributed by atoms with Crippen LogP contribution in [0.4, 0.5) is 0 Å². The maximum atomic E-state index is 12.2. The maximum absolute atomic E-state index is 12.2. The van der Waals surface area contributed by atoms with Crippen LogP contribution in [0.5, 0.6) is 0 Å². The fourth-order valence-electron chi connectivity index (χ4n) is 1.72. The van der Waals surface area contributed by atoms with Crippen LogP contribution in [0.1, 0.15) is 18.5 Å². The van der Waals surface area contributed by atoms with E-state index in [1.165, 1.54) is 22.6 Å². The normalized spacial score (nSPS) is 17.4. The Bertz CT molecular complexity index is 591. The average molecular weight is 265 g/mol. The summed E-state index contributed by atoms with van der Waals surface area (Å²) in [5, 5.41) is 8.60. The third kappa shape index (κ3) is 2.39. The van der Waals surface area contributed by atoms with Crippen LogP contribution >= 0.6 is 0 Å². The van der Waals surface area contributed by atoms with Crippen molar-refractivity contribution in [2.45, 2.75) is 17.7 Å². The Morgan fingerprint density at radius 1 is 1.28 bits per heavy atom. The van der Waals surface area contributed by atoms with Crippen molar-refractivity contribution in [2.24, 2.45) is 0 Å². The Kier molecular flexibility index (Phi) is 3.41. The zero-order valence-electron chi connectivity index (χ0n) is 9.54. The van der Waals surface area contributed by atoms with E-state index < -0.39 is 10.0 Å². The molecule has 0 amide bonds. The van der Waals surface area contributed by atoms with Crippen molar-refractivity contribution < 1.29 is 13.2 Å². The van der Waals surface area contributed by atoms with Gasteiger partial charge in [0.15, 0.2) is 0 Å². The minimum atomic E-state index is -3.60. The summed E-state index contributed by atoms with van der Waals surface area (Å²) in [7, 11) is -3.60. The molecule has 1 fully saturated rings. The molecule has 1 saturated heterocycles. The van der Waals surface area contributed by atoms with Crippen LogP contribution in [-0.4, -0.2) is 36.6 Å². The summed E-state index contributed by atoms with van der Waals surface area (Å²) in [4.78, 5) is 14.9. The first-order valence-corrected chi connectivity index (χ1v) is 6.86. The number of nitrogens with zero attached hydrogens (tertiary/aromatic N) is 3. The SMILES string of the molecule is N#Cc1ccc(S(=O)(=O)N2CCC(=O)CC2)cn1. The number of hydrogen-bond acceptors (Lipinski definition) is 5. The maximum Gasteiger partial charge on any atom is 0.244 e. The summed E-state index contributed by atoms with van der Waals surface area (Å²) in [5.74, 6) is 0.0828. The van der Waals surface area contributed by atoms with Crippen molar-refractivity contribution >= 4 is 15.8 Å². The number of Topliss-reactive ketones (excluding diaryl/α,β-unsaturated/α-hetero) is 1. The minimum absolute atomic E-state index is 0.0517. The van der Waals surface area contributed by atoms with Gasteiger partial charge in [-0.3, -0.25) is 4.79 Å². The number of nitriles is 1. The molecule has 1 aromatic rings. The summed E-state index contributed by atoms with van der Waals surface area (Å²) < 4.78 is 25.6. The van der Waals surface area contributed by atoms with Gasteiger partial charge in [0.05, 0.1) is 0 Å². The molecule has 1 aromatic heterocycles. The third-order valence-corrected chi connectivity index (χ3v) is 4.65. The number of carbonyl (C=O) groups is 1. The van der Waals surface area contributed by atoms with Gasteiger partial charge in [0.2, 0.25) is 10.0 Å². The first kappa shape index (κ1) is 12.7. The molecular formula is C11H11N3O3S. The quantitative estimate of drug-likeness (QED) is 0.767. The Labute approximate surface area is 105 Å². The smallest absolute Gasteiger partial charge is 0.244 e. The van der Waals surface area contributed by atoms with Gasteiger partial charge in [0, 0.05) is 32.1 Å². The lowest BCUT2D eigenvalue weighted by atomic mass is 10.1. The molecule has 0 N–H and O–H groups in total. The molecule has 6 nitrogen and oxygen atoms in total. The van der Waals surface area contributed by atoms with Gasteiger partial charge in [-0.15, -0.1) is 0 Å². The highest BCUT2D eigenvalue weighted by Gasteiger charge is 2.28. The molecular weight excluding hydrogens is 254 g/mol. The van der Waals surface area contributed by atoms with Crippen LogP contribution in [0, 0.1) is 11.3 Å². The van der Waals surface area contributed by atoms with E-state index in [2.05, 4.69) is 4.98 Å². The second-order valence-electron chi connectivity index (χ2n) is 3.93. The second kappa shape index (κ2) is 4.84. The molecule has 1 aliphatic heterocycles. The van der Waals surface area contributed by atoms with Crippen LogP contribution in [-0.2, 0) is 14.8 Å². The fourth-order valence-corrected chi connectivity index (χ4v) is 3.11. The summed E-state index contributed by atoms with van der Waals surface area (Å²) in [6, 6.07) is 4.55.